The van der Waals surface area contributed by atoms with Gasteiger partial charge >= 0.3 is 0 Å². The van der Waals surface area contributed by atoms with Crippen molar-refractivity contribution in [3.8, 4) is 5.75 Å². The van der Waals surface area contributed by atoms with E-state index in [2.05, 4.69) is 52.4 Å². The number of benzene rings is 2. The molecule has 1 N–H and O–H groups in total. The number of anilines is 1. The zero-order valence-corrected chi connectivity index (χ0v) is 14.5. The lowest BCUT2D eigenvalue weighted by molar-refractivity contribution is 0.339. The fourth-order valence-corrected chi connectivity index (χ4v) is 3.18. The van der Waals surface area contributed by atoms with Crippen molar-refractivity contribution in [1.82, 2.24) is 0 Å². The maximum absolute atomic E-state index is 6.17. The monoisotopic (exact) mass is 367 g/mol. The summed E-state index contributed by atoms with van der Waals surface area (Å²) < 4.78 is 6.60. The lowest BCUT2D eigenvalue weighted by Gasteiger charge is -2.22. The van der Waals surface area contributed by atoms with Gasteiger partial charge in [-0.15, -0.1) is 0 Å². The van der Waals surface area contributed by atoms with Crippen LogP contribution in [0, 0.1) is 0 Å². The predicted molar refractivity (Wildman–Crippen MR) is 93.4 cm³/mol. The van der Waals surface area contributed by atoms with Crippen LogP contribution in [-0.2, 0) is 0 Å². The van der Waals surface area contributed by atoms with Gasteiger partial charge in [0.2, 0.25) is 0 Å². The minimum absolute atomic E-state index is 0.218. The van der Waals surface area contributed by atoms with Gasteiger partial charge in [0.05, 0.1) is 22.8 Å². The molecule has 0 saturated heterocycles. The van der Waals surface area contributed by atoms with Crippen LogP contribution in [0.15, 0.2) is 46.9 Å². The third-order valence-electron chi connectivity index (χ3n) is 3.24. The van der Waals surface area contributed by atoms with E-state index in [0.29, 0.717) is 11.6 Å². The summed E-state index contributed by atoms with van der Waals surface area (Å²) in [5.41, 5.74) is 2.16. The summed E-state index contributed by atoms with van der Waals surface area (Å²) >= 11 is 9.69. The van der Waals surface area contributed by atoms with Crippen LogP contribution in [0.3, 0.4) is 0 Å². The average molecular weight is 369 g/mol. The fourth-order valence-electron chi connectivity index (χ4n) is 2.25. The van der Waals surface area contributed by atoms with Gasteiger partial charge in [-0.25, -0.2) is 0 Å². The summed E-state index contributed by atoms with van der Waals surface area (Å²) in [5, 5.41) is 4.22. The molecule has 2 aromatic rings. The number of hydrogen-bond acceptors (Lipinski definition) is 2. The van der Waals surface area contributed by atoms with E-state index >= 15 is 0 Å². The maximum Gasteiger partial charge on any atom is 0.156 e. The molecular weight excluding hydrogens is 350 g/mol. The zero-order chi connectivity index (χ0) is 15.2. The van der Waals surface area contributed by atoms with Gasteiger partial charge in [-0.2, -0.15) is 0 Å². The van der Waals surface area contributed by atoms with Crippen LogP contribution in [0.1, 0.15) is 31.9 Å². The van der Waals surface area contributed by atoms with Gasteiger partial charge in [0.1, 0.15) is 0 Å². The minimum atomic E-state index is 0.218. The second-order valence-electron chi connectivity index (χ2n) is 4.71. The lowest BCUT2D eigenvalue weighted by Crippen LogP contribution is -2.11. The van der Waals surface area contributed by atoms with Crippen LogP contribution in [0.2, 0.25) is 5.02 Å². The van der Waals surface area contributed by atoms with E-state index in [1.807, 2.05) is 25.1 Å². The summed E-state index contributed by atoms with van der Waals surface area (Å²) in [6.07, 6.45) is 0.972. The fraction of sp³-hybridized carbons (Fsp3) is 0.294. The first-order valence-corrected chi connectivity index (χ1v) is 8.26. The molecule has 0 amide bonds. The van der Waals surface area contributed by atoms with E-state index in [1.54, 1.807) is 0 Å². The van der Waals surface area contributed by atoms with E-state index in [0.717, 1.165) is 22.3 Å². The van der Waals surface area contributed by atoms with Crippen molar-refractivity contribution in [2.75, 3.05) is 11.9 Å². The van der Waals surface area contributed by atoms with Gasteiger partial charge in [-0.1, -0.05) is 48.9 Å². The summed E-state index contributed by atoms with van der Waals surface area (Å²) in [6, 6.07) is 14.4. The van der Waals surface area contributed by atoms with Crippen molar-refractivity contribution in [3.63, 3.8) is 0 Å². The maximum atomic E-state index is 6.17. The molecule has 112 valence electrons. The molecular formula is C17H19BrClNO. The van der Waals surface area contributed by atoms with E-state index in [1.165, 1.54) is 5.56 Å². The molecule has 0 fully saturated rings. The topological polar surface area (TPSA) is 21.3 Å². The van der Waals surface area contributed by atoms with E-state index in [9.17, 15) is 0 Å². The Bertz CT molecular complexity index is 589. The second kappa shape index (κ2) is 7.71. The SMILES string of the molecule is CCOc1c(Br)cc(Cl)cc1NC(CC)c1ccccc1. The van der Waals surface area contributed by atoms with E-state index < -0.39 is 0 Å². The normalized spacial score (nSPS) is 12.0. The molecule has 0 aliphatic rings. The van der Waals surface area contributed by atoms with Crippen LogP contribution in [0.5, 0.6) is 5.75 Å². The third kappa shape index (κ3) is 4.14. The van der Waals surface area contributed by atoms with Crippen molar-refractivity contribution in [3.05, 3.63) is 57.5 Å². The molecule has 0 heterocycles. The second-order valence-corrected chi connectivity index (χ2v) is 6.00. The number of nitrogens with one attached hydrogen (secondary N) is 1. The molecule has 0 aromatic heterocycles. The lowest BCUT2D eigenvalue weighted by atomic mass is 10.0. The van der Waals surface area contributed by atoms with Gasteiger partial charge in [0.25, 0.3) is 0 Å². The molecule has 1 atom stereocenters. The highest BCUT2D eigenvalue weighted by Gasteiger charge is 2.15. The van der Waals surface area contributed by atoms with Crippen LogP contribution in [0.4, 0.5) is 5.69 Å². The van der Waals surface area contributed by atoms with Crippen LogP contribution < -0.4 is 10.1 Å². The Balaban J connectivity index is 2.33. The highest BCUT2D eigenvalue weighted by Crippen LogP contribution is 2.38. The quantitative estimate of drug-likeness (QED) is 0.668. The summed E-state index contributed by atoms with van der Waals surface area (Å²) in [6.45, 7) is 4.74. The first-order valence-electron chi connectivity index (χ1n) is 7.09. The third-order valence-corrected chi connectivity index (χ3v) is 4.04. The van der Waals surface area contributed by atoms with Crippen molar-refractivity contribution in [2.24, 2.45) is 0 Å². The van der Waals surface area contributed by atoms with Crippen molar-refractivity contribution in [2.45, 2.75) is 26.3 Å². The Morgan fingerprint density at radius 2 is 1.90 bits per heavy atom. The number of rotatable bonds is 6. The highest BCUT2D eigenvalue weighted by atomic mass is 79.9. The highest BCUT2D eigenvalue weighted by molar-refractivity contribution is 9.10. The summed E-state index contributed by atoms with van der Waals surface area (Å²) in [7, 11) is 0. The smallest absolute Gasteiger partial charge is 0.156 e. The van der Waals surface area contributed by atoms with Gasteiger partial charge < -0.3 is 10.1 Å². The Kier molecular flexibility index (Phi) is 5.95. The van der Waals surface area contributed by atoms with Gasteiger partial charge in [0, 0.05) is 5.02 Å². The molecule has 2 rings (SSSR count). The minimum Gasteiger partial charge on any atom is -0.491 e. The number of halogens is 2. The zero-order valence-electron chi connectivity index (χ0n) is 12.2. The van der Waals surface area contributed by atoms with Crippen LogP contribution >= 0.6 is 27.5 Å². The van der Waals surface area contributed by atoms with Crippen molar-refractivity contribution < 1.29 is 4.74 Å². The molecule has 0 bridgehead atoms. The molecule has 2 nitrogen and oxygen atoms in total. The van der Waals surface area contributed by atoms with Crippen LogP contribution in [-0.4, -0.2) is 6.61 Å². The molecule has 1 unspecified atom stereocenters. The molecule has 21 heavy (non-hydrogen) atoms. The molecule has 0 saturated carbocycles. The van der Waals surface area contributed by atoms with Crippen molar-refractivity contribution >= 4 is 33.2 Å². The first-order chi connectivity index (χ1) is 10.2. The predicted octanol–water partition coefficient (Wildman–Crippen LogP) is 6.06. The van der Waals surface area contributed by atoms with Crippen LogP contribution in [0.25, 0.3) is 0 Å². The average Bonchev–Trinajstić information content (AvgIpc) is 2.49. The standard InChI is InChI=1S/C17H19BrClNO/c1-3-15(12-8-6-5-7-9-12)20-16-11-13(19)10-14(18)17(16)21-4-2/h5-11,15,20H,3-4H2,1-2H3. The number of hydrogen-bond donors (Lipinski definition) is 1. The Hall–Kier alpha value is -1.19. The molecule has 4 heteroatoms. The van der Waals surface area contributed by atoms with Gasteiger partial charge in [-0.3, -0.25) is 0 Å². The summed E-state index contributed by atoms with van der Waals surface area (Å²) in [4.78, 5) is 0. The molecule has 0 aliphatic carbocycles. The van der Waals surface area contributed by atoms with Gasteiger partial charge in [-0.05, 0) is 47.0 Å². The Morgan fingerprint density at radius 1 is 1.19 bits per heavy atom. The van der Waals surface area contributed by atoms with E-state index in [4.69, 9.17) is 16.3 Å². The molecule has 2 aromatic carbocycles. The Morgan fingerprint density at radius 3 is 2.52 bits per heavy atom. The molecule has 0 spiro atoms. The molecule has 0 radical (unpaired) electrons. The van der Waals surface area contributed by atoms with E-state index in [-0.39, 0.29) is 6.04 Å². The largest absolute Gasteiger partial charge is 0.491 e. The Labute approximate surface area is 139 Å². The summed E-state index contributed by atoms with van der Waals surface area (Å²) in [5.74, 6) is 0.802. The number of ether oxygens (including phenoxy) is 1. The van der Waals surface area contributed by atoms with Gasteiger partial charge in [0.15, 0.2) is 5.75 Å². The molecule has 0 aliphatic heterocycles. The van der Waals surface area contributed by atoms with Crippen molar-refractivity contribution in [1.29, 1.82) is 0 Å². The first kappa shape index (κ1) is 16.2.